The molecule has 2 fully saturated rings. The summed E-state index contributed by atoms with van der Waals surface area (Å²) in [5, 5.41) is 17.1. The van der Waals surface area contributed by atoms with Crippen molar-refractivity contribution >= 4 is 11.6 Å². The standard InChI is InChI=1S/C18H20N6O2/c1-11-14(10-19-26-11)18(25)23-8-6-13(7-9-23)17-21-20-16-5-4-15(12-2-3-12)22-24(16)17/h4-5,10,12-13H,2-3,6-9H2,1H3. The van der Waals surface area contributed by atoms with Gasteiger partial charge in [-0.15, -0.1) is 10.2 Å². The summed E-state index contributed by atoms with van der Waals surface area (Å²) in [7, 11) is 0. The molecule has 0 radical (unpaired) electrons. The molecule has 0 aromatic carbocycles. The van der Waals surface area contributed by atoms with Crippen LogP contribution in [-0.4, -0.2) is 48.9 Å². The topological polar surface area (TPSA) is 89.4 Å². The van der Waals surface area contributed by atoms with Crippen molar-refractivity contribution in [3.63, 3.8) is 0 Å². The van der Waals surface area contributed by atoms with E-state index in [1.54, 1.807) is 6.92 Å². The van der Waals surface area contributed by atoms with Crippen LogP contribution >= 0.6 is 0 Å². The Morgan fingerprint density at radius 2 is 1.92 bits per heavy atom. The number of fused-ring (bicyclic) bond motifs is 1. The van der Waals surface area contributed by atoms with E-state index in [0.29, 0.717) is 30.3 Å². The number of carbonyl (C=O) groups excluding carboxylic acids is 1. The van der Waals surface area contributed by atoms with Gasteiger partial charge in [0, 0.05) is 24.9 Å². The highest BCUT2D eigenvalue weighted by atomic mass is 16.5. The van der Waals surface area contributed by atoms with Crippen molar-refractivity contribution in [2.75, 3.05) is 13.1 Å². The molecule has 1 aliphatic heterocycles. The van der Waals surface area contributed by atoms with Gasteiger partial charge in [-0.25, -0.2) is 0 Å². The van der Waals surface area contributed by atoms with Gasteiger partial charge in [0.2, 0.25) is 0 Å². The van der Waals surface area contributed by atoms with E-state index in [0.717, 1.165) is 30.0 Å². The number of amides is 1. The molecule has 1 saturated carbocycles. The summed E-state index contributed by atoms with van der Waals surface area (Å²) in [5.74, 6) is 2.33. The first-order chi connectivity index (χ1) is 12.7. The molecule has 0 unspecified atom stereocenters. The zero-order chi connectivity index (χ0) is 17.7. The van der Waals surface area contributed by atoms with Crippen molar-refractivity contribution in [1.29, 1.82) is 0 Å². The molecule has 4 heterocycles. The lowest BCUT2D eigenvalue weighted by atomic mass is 9.95. The van der Waals surface area contributed by atoms with Crippen molar-refractivity contribution in [3.8, 4) is 0 Å². The molecule has 5 rings (SSSR count). The fraction of sp³-hybridized carbons (Fsp3) is 0.500. The normalized spacial score (nSPS) is 18.6. The minimum absolute atomic E-state index is 0.0116. The summed E-state index contributed by atoms with van der Waals surface area (Å²) in [6.07, 6.45) is 5.65. The van der Waals surface area contributed by atoms with Crippen LogP contribution in [0.5, 0.6) is 0 Å². The van der Waals surface area contributed by atoms with Crippen LogP contribution < -0.4 is 0 Å². The van der Waals surface area contributed by atoms with Gasteiger partial charge in [-0.05, 0) is 44.7 Å². The summed E-state index contributed by atoms with van der Waals surface area (Å²) in [6.45, 7) is 3.13. The minimum atomic E-state index is -0.0116. The fourth-order valence-corrected chi connectivity index (χ4v) is 3.69. The number of nitrogens with zero attached hydrogens (tertiary/aromatic N) is 6. The lowest BCUT2D eigenvalue weighted by Gasteiger charge is -2.30. The number of piperidine rings is 1. The molecule has 3 aromatic heterocycles. The van der Waals surface area contributed by atoms with E-state index in [9.17, 15) is 4.79 Å². The van der Waals surface area contributed by atoms with E-state index in [4.69, 9.17) is 9.62 Å². The smallest absolute Gasteiger partial charge is 0.259 e. The zero-order valence-corrected chi connectivity index (χ0v) is 14.6. The number of carbonyl (C=O) groups is 1. The summed E-state index contributed by atoms with van der Waals surface area (Å²) in [6, 6.07) is 4.07. The largest absolute Gasteiger partial charge is 0.361 e. The predicted molar refractivity (Wildman–Crippen MR) is 91.9 cm³/mol. The molecule has 0 bridgehead atoms. The predicted octanol–water partition coefficient (Wildman–Crippen LogP) is 2.32. The van der Waals surface area contributed by atoms with Crippen LogP contribution in [0.3, 0.4) is 0 Å². The molecule has 0 spiro atoms. The van der Waals surface area contributed by atoms with E-state index in [2.05, 4.69) is 21.4 Å². The van der Waals surface area contributed by atoms with Gasteiger partial charge >= 0.3 is 0 Å². The number of aryl methyl sites for hydroxylation is 1. The average molecular weight is 352 g/mol. The van der Waals surface area contributed by atoms with Crippen LogP contribution in [0.2, 0.25) is 0 Å². The average Bonchev–Trinajstić information content (AvgIpc) is 3.30. The van der Waals surface area contributed by atoms with Gasteiger partial charge in [0.15, 0.2) is 11.5 Å². The summed E-state index contributed by atoms with van der Waals surface area (Å²) in [5.41, 5.74) is 2.48. The molecule has 2 aliphatic rings. The Balaban J connectivity index is 1.34. The summed E-state index contributed by atoms with van der Waals surface area (Å²) >= 11 is 0. The maximum absolute atomic E-state index is 12.6. The molecule has 1 saturated heterocycles. The number of rotatable bonds is 3. The van der Waals surface area contributed by atoms with E-state index < -0.39 is 0 Å². The number of hydrogen-bond acceptors (Lipinski definition) is 6. The second kappa shape index (κ2) is 5.89. The highest BCUT2D eigenvalue weighted by Crippen LogP contribution is 2.39. The number of hydrogen-bond donors (Lipinski definition) is 0. The minimum Gasteiger partial charge on any atom is -0.361 e. The Morgan fingerprint density at radius 1 is 1.12 bits per heavy atom. The second-order valence-corrected chi connectivity index (χ2v) is 7.22. The van der Waals surface area contributed by atoms with Gasteiger partial charge in [0.25, 0.3) is 5.91 Å². The molecule has 3 aromatic rings. The van der Waals surface area contributed by atoms with Crippen LogP contribution in [0.1, 0.15) is 65.2 Å². The van der Waals surface area contributed by atoms with E-state index in [-0.39, 0.29) is 11.8 Å². The highest BCUT2D eigenvalue weighted by molar-refractivity contribution is 5.94. The SMILES string of the molecule is Cc1oncc1C(=O)N1CCC(c2nnc3ccc(C4CC4)nn23)CC1. The van der Waals surface area contributed by atoms with E-state index >= 15 is 0 Å². The summed E-state index contributed by atoms with van der Waals surface area (Å²) < 4.78 is 6.92. The first-order valence-electron chi connectivity index (χ1n) is 9.13. The molecular formula is C18H20N6O2. The Morgan fingerprint density at radius 3 is 2.62 bits per heavy atom. The molecular weight excluding hydrogens is 332 g/mol. The van der Waals surface area contributed by atoms with Crippen LogP contribution in [0.15, 0.2) is 22.9 Å². The van der Waals surface area contributed by atoms with Crippen molar-refractivity contribution < 1.29 is 9.32 Å². The van der Waals surface area contributed by atoms with Crippen molar-refractivity contribution in [2.45, 2.75) is 44.4 Å². The number of likely N-dealkylation sites (tertiary alicyclic amines) is 1. The quantitative estimate of drug-likeness (QED) is 0.719. The van der Waals surface area contributed by atoms with Crippen LogP contribution in [-0.2, 0) is 0 Å². The van der Waals surface area contributed by atoms with Gasteiger partial charge in [-0.3, -0.25) is 4.79 Å². The molecule has 8 nitrogen and oxygen atoms in total. The highest BCUT2D eigenvalue weighted by Gasteiger charge is 2.30. The van der Waals surface area contributed by atoms with Crippen molar-refractivity contribution in [1.82, 2.24) is 29.9 Å². The molecule has 1 amide bonds. The Bertz CT molecular complexity index is 965. The molecule has 8 heteroatoms. The van der Waals surface area contributed by atoms with Gasteiger partial charge in [-0.2, -0.15) is 9.61 Å². The third-order valence-corrected chi connectivity index (χ3v) is 5.43. The molecule has 0 N–H and O–H groups in total. The van der Waals surface area contributed by atoms with Crippen molar-refractivity contribution in [3.05, 3.63) is 41.2 Å². The third-order valence-electron chi connectivity index (χ3n) is 5.43. The third kappa shape index (κ3) is 2.56. The molecule has 1 aliphatic carbocycles. The summed E-state index contributed by atoms with van der Waals surface area (Å²) in [4.78, 5) is 14.5. The first kappa shape index (κ1) is 15.5. The molecule has 26 heavy (non-hydrogen) atoms. The Labute approximate surface area is 150 Å². The van der Waals surface area contributed by atoms with E-state index in [1.165, 1.54) is 19.0 Å². The van der Waals surface area contributed by atoms with Gasteiger partial charge in [-0.1, -0.05) is 5.16 Å². The lowest BCUT2D eigenvalue weighted by molar-refractivity contribution is 0.0709. The fourth-order valence-electron chi connectivity index (χ4n) is 3.69. The second-order valence-electron chi connectivity index (χ2n) is 7.22. The maximum atomic E-state index is 12.6. The number of aromatic nitrogens is 5. The Hall–Kier alpha value is -2.77. The molecule has 134 valence electrons. The Kier molecular flexibility index (Phi) is 3.51. The van der Waals surface area contributed by atoms with Gasteiger partial charge in [0.05, 0.1) is 11.9 Å². The maximum Gasteiger partial charge on any atom is 0.259 e. The lowest BCUT2D eigenvalue weighted by Crippen LogP contribution is -2.38. The van der Waals surface area contributed by atoms with Gasteiger partial charge < -0.3 is 9.42 Å². The van der Waals surface area contributed by atoms with Crippen LogP contribution in [0.4, 0.5) is 0 Å². The first-order valence-corrected chi connectivity index (χ1v) is 9.13. The van der Waals surface area contributed by atoms with Gasteiger partial charge in [0.1, 0.15) is 11.3 Å². The molecule has 0 atom stereocenters. The van der Waals surface area contributed by atoms with E-state index in [1.807, 2.05) is 15.5 Å². The zero-order valence-electron chi connectivity index (χ0n) is 14.6. The van der Waals surface area contributed by atoms with Crippen LogP contribution in [0.25, 0.3) is 5.65 Å². The van der Waals surface area contributed by atoms with Crippen molar-refractivity contribution in [2.24, 2.45) is 0 Å². The monoisotopic (exact) mass is 352 g/mol. The van der Waals surface area contributed by atoms with Crippen LogP contribution in [0, 0.1) is 6.92 Å².